The molecule has 1 aromatic carbocycles. The van der Waals surface area contributed by atoms with Crippen molar-refractivity contribution in [3.63, 3.8) is 0 Å². The number of nitrogens with zero attached hydrogens (tertiary/aromatic N) is 4. The lowest BCUT2D eigenvalue weighted by Crippen LogP contribution is -2.31. The summed E-state index contributed by atoms with van der Waals surface area (Å²) in [7, 11) is -2.09. The van der Waals surface area contributed by atoms with Gasteiger partial charge in [0.2, 0.25) is 10.0 Å². The molecule has 10 heteroatoms. The van der Waals surface area contributed by atoms with Gasteiger partial charge in [-0.3, -0.25) is 9.55 Å². The van der Waals surface area contributed by atoms with Gasteiger partial charge in [-0.25, -0.2) is 22.6 Å². The van der Waals surface area contributed by atoms with Crippen LogP contribution in [0, 0.1) is 0 Å². The fourth-order valence-electron chi connectivity index (χ4n) is 2.63. The predicted octanol–water partition coefficient (Wildman–Crippen LogP) is 1.02. The van der Waals surface area contributed by atoms with Crippen LogP contribution in [0.15, 0.2) is 58.5 Å². The summed E-state index contributed by atoms with van der Waals surface area (Å²) in [5.41, 5.74) is 0.370. The Kier molecular flexibility index (Phi) is 5.90. The number of hydrogen-bond donors (Lipinski definition) is 1. The maximum atomic E-state index is 12.4. The normalized spacial score (nSPS) is 11.5. The van der Waals surface area contributed by atoms with Crippen LogP contribution in [-0.4, -0.2) is 40.9 Å². The maximum Gasteiger partial charge on any atom is 0.345 e. The van der Waals surface area contributed by atoms with Gasteiger partial charge in [-0.1, -0.05) is 0 Å². The molecule has 0 saturated carbocycles. The van der Waals surface area contributed by atoms with E-state index in [9.17, 15) is 13.2 Å². The number of aromatic nitrogens is 4. The van der Waals surface area contributed by atoms with Crippen LogP contribution in [0.25, 0.3) is 11.4 Å². The van der Waals surface area contributed by atoms with Crippen molar-refractivity contribution in [3.05, 3.63) is 59.3 Å². The number of nitrogens with one attached hydrogen (secondary N) is 1. The molecule has 0 aliphatic carbocycles. The zero-order chi connectivity index (χ0) is 20.1. The molecule has 2 heterocycles. The van der Waals surface area contributed by atoms with Crippen molar-refractivity contribution < 1.29 is 13.2 Å². The fraction of sp³-hybridized carbons (Fsp3) is 0.278. The Morgan fingerprint density at radius 3 is 2.57 bits per heavy atom. The van der Waals surface area contributed by atoms with Crippen molar-refractivity contribution in [2.24, 2.45) is 7.05 Å². The van der Waals surface area contributed by atoms with Gasteiger partial charge in [0, 0.05) is 31.5 Å². The summed E-state index contributed by atoms with van der Waals surface area (Å²) in [6, 6.07) is 9.70. The van der Waals surface area contributed by atoms with Crippen LogP contribution in [0.3, 0.4) is 0 Å². The van der Waals surface area contributed by atoms with Crippen molar-refractivity contribution in [2.75, 3.05) is 13.2 Å². The molecule has 148 valence electrons. The van der Waals surface area contributed by atoms with E-state index in [0.717, 1.165) is 0 Å². The predicted molar refractivity (Wildman–Crippen MR) is 103 cm³/mol. The summed E-state index contributed by atoms with van der Waals surface area (Å²) >= 11 is 0. The Labute approximate surface area is 162 Å². The molecule has 3 rings (SSSR count). The number of pyridine rings is 1. The van der Waals surface area contributed by atoms with E-state index < -0.39 is 10.0 Å². The first-order valence-electron chi connectivity index (χ1n) is 8.69. The summed E-state index contributed by atoms with van der Waals surface area (Å²) < 4.78 is 35.2. The van der Waals surface area contributed by atoms with Gasteiger partial charge in [0.1, 0.15) is 5.75 Å². The summed E-state index contributed by atoms with van der Waals surface area (Å²) in [6.07, 6.45) is 3.25. The molecule has 9 nitrogen and oxygen atoms in total. The fourth-order valence-corrected chi connectivity index (χ4v) is 3.65. The van der Waals surface area contributed by atoms with Crippen molar-refractivity contribution in [1.29, 1.82) is 0 Å². The Hall–Kier alpha value is -2.98. The highest BCUT2D eigenvalue weighted by molar-refractivity contribution is 7.89. The van der Waals surface area contributed by atoms with E-state index in [4.69, 9.17) is 4.74 Å². The minimum absolute atomic E-state index is 0.0267. The molecule has 0 spiro atoms. The topological polar surface area (TPSA) is 108 Å². The van der Waals surface area contributed by atoms with Crippen LogP contribution in [0.2, 0.25) is 0 Å². The van der Waals surface area contributed by atoms with Crippen molar-refractivity contribution in [2.45, 2.75) is 18.4 Å². The zero-order valence-electron chi connectivity index (χ0n) is 15.6. The molecule has 0 radical (unpaired) electrons. The molecule has 3 aromatic rings. The second kappa shape index (κ2) is 8.36. The highest BCUT2D eigenvalue weighted by Gasteiger charge is 2.16. The molecule has 0 atom stereocenters. The van der Waals surface area contributed by atoms with Gasteiger partial charge < -0.3 is 4.74 Å². The van der Waals surface area contributed by atoms with Gasteiger partial charge in [0.05, 0.1) is 18.0 Å². The Balaban J connectivity index is 1.68. The van der Waals surface area contributed by atoms with E-state index in [-0.39, 0.29) is 23.7 Å². The third-order valence-corrected chi connectivity index (χ3v) is 5.50. The summed E-state index contributed by atoms with van der Waals surface area (Å²) in [6.45, 7) is 2.48. The van der Waals surface area contributed by atoms with Crippen molar-refractivity contribution in [3.8, 4) is 17.1 Å². The Bertz CT molecular complexity index is 1090. The molecule has 0 unspecified atom stereocenters. The molecule has 0 fully saturated rings. The smallest absolute Gasteiger partial charge is 0.345 e. The molecule has 0 aliphatic heterocycles. The van der Waals surface area contributed by atoms with E-state index in [1.165, 1.54) is 21.4 Å². The molecule has 28 heavy (non-hydrogen) atoms. The van der Waals surface area contributed by atoms with Crippen LogP contribution in [0.4, 0.5) is 0 Å². The molecular weight excluding hydrogens is 382 g/mol. The third kappa shape index (κ3) is 4.29. The first-order chi connectivity index (χ1) is 13.4. The number of sulfonamides is 1. The van der Waals surface area contributed by atoms with Gasteiger partial charge in [0.15, 0.2) is 5.82 Å². The number of hydrogen-bond acceptors (Lipinski definition) is 6. The van der Waals surface area contributed by atoms with Crippen LogP contribution < -0.4 is 15.1 Å². The zero-order valence-corrected chi connectivity index (χ0v) is 16.4. The van der Waals surface area contributed by atoms with Crippen molar-refractivity contribution in [1.82, 2.24) is 24.1 Å². The monoisotopic (exact) mass is 403 g/mol. The summed E-state index contributed by atoms with van der Waals surface area (Å²) in [5, 5.41) is 4.28. The van der Waals surface area contributed by atoms with Gasteiger partial charge in [0.25, 0.3) is 0 Å². The van der Waals surface area contributed by atoms with Crippen LogP contribution in [-0.2, 0) is 23.6 Å². The minimum atomic E-state index is -3.70. The lowest BCUT2D eigenvalue weighted by molar-refractivity contribution is 0.340. The standard InChI is InChI=1S/C18H21N5O4S/c1-3-27-15-6-8-16(9-7-15)28(25,26)20-11-12-23-18(24)22(2)17(21-23)14-5-4-10-19-13-14/h4-10,13,20H,3,11-12H2,1-2H3. The molecule has 0 bridgehead atoms. The lowest BCUT2D eigenvalue weighted by Gasteiger charge is -2.08. The quantitative estimate of drug-likeness (QED) is 0.602. The SMILES string of the molecule is CCOc1ccc(S(=O)(=O)NCCn2nc(-c3cccnc3)n(C)c2=O)cc1. The van der Waals surface area contributed by atoms with Crippen molar-refractivity contribution >= 4 is 10.0 Å². The second-order valence-electron chi connectivity index (χ2n) is 5.93. The Morgan fingerprint density at radius 1 is 1.18 bits per heavy atom. The highest BCUT2D eigenvalue weighted by Crippen LogP contribution is 2.16. The summed E-state index contributed by atoms with van der Waals surface area (Å²) in [5.74, 6) is 1.07. The molecule has 0 amide bonds. The summed E-state index contributed by atoms with van der Waals surface area (Å²) in [4.78, 5) is 16.5. The van der Waals surface area contributed by atoms with Crippen LogP contribution in [0.1, 0.15) is 6.92 Å². The first-order valence-corrected chi connectivity index (χ1v) is 10.2. The van der Waals surface area contributed by atoms with Gasteiger partial charge >= 0.3 is 5.69 Å². The maximum absolute atomic E-state index is 12.4. The molecule has 0 saturated heterocycles. The van der Waals surface area contributed by atoms with E-state index in [1.54, 1.807) is 43.7 Å². The first kappa shape index (κ1) is 19.8. The van der Waals surface area contributed by atoms with E-state index in [2.05, 4.69) is 14.8 Å². The average Bonchev–Trinajstić information content (AvgIpc) is 2.98. The molecule has 0 aliphatic rings. The van der Waals surface area contributed by atoms with Gasteiger partial charge in [-0.2, -0.15) is 0 Å². The average molecular weight is 403 g/mol. The highest BCUT2D eigenvalue weighted by atomic mass is 32.2. The van der Waals surface area contributed by atoms with Crippen LogP contribution in [0.5, 0.6) is 5.75 Å². The molecule has 1 N–H and O–H groups in total. The number of ether oxygens (including phenoxy) is 1. The third-order valence-electron chi connectivity index (χ3n) is 4.02. The molecular formula is C18H21N5O4S. The minimum Gasteiger partial charge on any atom is -0.494 e. The number of benzene rings is 1. The number of rotatable bonds is 8. The van der Waals surface area contributed by atoms with E-state index in [0.29, 0.717) is 23.7 Å². The van der Waals surface area contributed by atoms with Crippen LogP contribution >= 0.6 is 0 Å². The molecule has 2 aromatic heterocycles. The lowest BCUT2D eigenvalue weighted by atomic mass is 10.3. The largest absolute Gasteiger partial charge is 0.494 e. The Morgan fingerprint density at radius 2 is 1.93 bits per heavy atom. The van der Waals surface area contributed by atoms with E-state index in [1.807, 2.05) is 6.92 Å². The second-order valence-corrected chi connectivity index (χ2v) is 7.70. The van der Waals surface area contributed by atoms with Gasteiger partial charge in [-0.05, 0) is 43.3 Å². The van der Waals surface area contributed by atoms with Gasteiger partial charge in [-0.15, -0.1) is 5.10 Å². The van der Waals surface area contributed by atoms with E-state index >= 15 is 0 Å².